The van der Waals surface area contributed by atoms with Crippen molar-refractivity contribution in [1.82, 2.24) is 0 Å². The first-order valence-electron chi connectivity index (χ1n) is 9.96. The largest absolute Gasteiger partial charge is 0.489 e. The Morgan fingerprint density at radius 1 is 1.13 bits per heavy atom. The van der Waals surface area contributed by atoms with Crippen molar-refractivity contribution in [3.63, 3.8) is 0 Å². The summed E-state index contributed by atoms with van der Waals surface area (Å²) in [5.74, 6) is 0.115. The van der Waals surface area contributed by atoms with Crippen molar-refractivity contribution < 1.29 is 27.4 Å². The number of amides is 1. The Labute approximate surface area is 177 Å². The molecule has 1 N–H and O–H groups in total. The van der Waals surface area contributed by atoms with Gasteiger partial charge in [-0.25, -0.2) is 8.42 Å². The molecule has 8 heteroatoms. The van der Waals surface area contributed by atoms with Gasteiger partial charge in [-0.15, -0.1) is 0 Å². The average Bonchev–Trinajstić information content (AvgIpc) is 2.78. The van der Waals surface area contributed by atoms with Gasteiger partial charge in [0.1, 0.15) is 12.4 Å². The van der Waals surface area contributed by atoms with Crippen LogP contribution in [0.5, 0.6) is 5.75 Å². The van der Waals surface area contributed by atoms with Gasteiger partial charge in [0.15, 0.2) is 9.84 Å². The molecule has 1 amide bonds. The number of carbonyl (C=O) groups excluding carboxylic acids is 1. The van der Waals surface area contributed by atoms with Crippen LogP contribution >= 0.6 is 0 Å². The molecule has 1 fully saturated rings. The summed E-state index contributed by atoms with van der Waals surface area (Å²) < 4.78 is 40.8. The van der Waals surface area contributed by atoms with Crippen molar-refractivity contribution in [1.29, 1.82) is 0 Å². The molecule has 0 spiro atoms. The molecule has 1 saturated heterocycles. The summed E-state index contributed by atoms with van der Waals surface area (Å²) in [6.07, 6.45) is 3.24. The molecule has 3 rings (SSSR count). The molecule has 0 aromatic heterocycles. The van der Waals surface area contributed by atoms with Crippen LogP contribution < -0.4 is 10.1 Å². The summed E-state index contributed by atoms with van der Waals surface area (Å²) >= 11 is 0. The Kier molecular flexibility index (Phi) is 7.84. The summed E-state index contributed by atoms with van der Waals surface area (Å²) in [6.45, 7) is 1.30. The molecule has 30 heavy (non-hydrogen) atoms. The molecule has 2 aromatic carbocycles. The lowest BCUT2D eigenvalue weighted by atomic mass is 10.1. The second-order valence-corrected chi connectivity index (χ2v) is 9.20. The minimum absolute atomic E-state index is 0.0649. The van der Waals surface area contributed by atoms with Gasteiger partial charge in [-0.3, -0.25) is 4.79 Å². The highest BCUT2D eigenvalue weighted by Crippen LogP contribution is 2.26. The molecule has 0 aliphatic carbocycles. The molecule has 0 radical (unpaired) electrons. The van der Waals surface area contributed by atoms with Gasteiger partial charge in [0.25, 0.3) is 5.91 Å². The van der Waals surface area contributed by atoms with Crippen LogP contribution in [0.15, 0.2) is 53.4 Å². The second-order valence-electron chi connectivity index (χ2n) is 7.09. The van der Waals surface area contributed by atoms with Gasteiger partial charge in [-0.1, -0.05) is 12.1 Å². The van der Waals surface area contributed by atoms with Crippen LogP contribution in [0.3, 0.4) is 0 Å². The Hall–Kier alpha value is -2.42. The van der Waals surface area contributed by atoms with E-state index in [4.69, 9.17) is 14.2 Å². The quantitative estimate of drug-likeness (QED) is 0.652. The molecule has 1 aliphatic rings. The summed E-state index contributed by atoms with van der Waals surface area (Å²) in [7, 11) is -1.99. The van der Waals surface area contributed by atoms with E-state index in [1.165, 1.54) is 31.4 Å². The molecule has 162 valence electrons. The van der Waals surface area contributed by atoms with E-state index in [0.717, 1.165) is 25.9 Å². The zero-order chi connectivity index (χ0) is 21.4. The number of sulfone groups is 1. The molecule has 0 saturated carbocycles. The Balaban J connectivity index is 1.64. The first-order valence-corrected chi connectivity index (χ1v) is 11.6. The maximum Gasteiger partial charge on any atom is 0.255 e. The first kappa shape index (κ1) is 22.3. The van der Waals surface area contributed by atoms with Crippen LogP contribution in [0.1, 0.15) is 29.6 Å². The first-order chi connectivity index (χ1) is 14.5. The zero-order valence-corrected chi connectivity index (χ0v) is 17.8. The topological polar surface area (TPSA) is 90.9 Å². The molecular weight excluding hydrogens is 406 g/mol. The van der Waals surface area contributed by atoms with Crippen molar-refractivity contribution in [3.05, 3.63) is 54.1 Å². The van der Waals surface area contributed by atoms with E-state index in [9.17, 15) is 13.2 Å². The normalized spacial score (nSPS) is 16.8. The highest BCUT2D eigenvalue weighted by Gasteiger charge is 2.17. The highest BCUT2D eigenvalue weighted by atomic mass is 32.2. The molecule has 7 nitrogen and oxygen atoms in total. The fraction of sp³-hybridized carbons (Fsp3) is 0.409. The standard InChI is InChI=1S/C22H27NO6S/c1-27-14-15-30(25,26)19-11-9-17(10-12-19)22(24)23-20-7-2-3-8-21(20)29-16-18-6-4-5-13-28-18/h2-3,7-12,18H,4-6,13-16H2,1H3,(H,23,24). The minimum atomic E-state index is -3.44. The Bertz CT molecular complexity index is 936. The number of rotatable bonds is 9. The van der Waals surface area contributed by atoms with Crippen LogP contribution in [0.4, 0.5) is 5.69 Å². The predicted molar refractivity (Wildman–Crippen MR) is 114 cm³/mol. The number of hydrogen-bond acceptors (Lipinski definition) is 6. The van der Waals surface area contributed by atoms with E-state index < -0.39 is 9.84 Å². The van der Waals surface area contributed by atoms with Crippen LogP contribution in [0.2, 0.25) is 0 Å². The smallest absolute Gasteiger partial charge is 0.255 e. The number of ether oxygens (including phenoxy) is 3. The van der Waals surface area contributed by atoms with Crippen molar-refractivity contribution in [2.24, 2.45) is 0 Å². The Morgan fingerprint density at radius 3 is 2.60 bits per heavy atom. The van der Waals surface area contributed by atoms with Crippen LogP contribution in [-0.2, 0) is 19.3 Å². The number of hydrogen-bond donors (Lipinski definition) is 1. The third-order valence-electron chi connectivity index (χ3n) is 4.87. The predicted octanol–water partition coefficient (Wildman–Crippen LogP) is 3.31. The summed E-state index contributed by atoms with van der Waals surface area (Å²) in [5.41, 5.74) is 0.904. The molecule has 1 unspecified atom stereocenters. The number of nitrogens with one attached hydrogen (secondary N) is 1. The monoisotopic (exact) mass is 433 g/mol. The van der Waals surface area contributed by atoms with E-state index in [-0.39, 0.29) is 29.3 Å². The number of para-hydroxylation sites is 2. The van der Waals surface area contributed by atoms with Crippen LogP contribution in [0.25, 0.3) is 0 Å². The van der Waals surface area contributed by atoms with Gasteiger partial charge in [0.05, 0.1) is 29.0 Å². The van der Waals surface area contributed by atoms with Gasteiger partial charge in [-0.05, 0) is 55.7 Å². The summed E-state index contributed by atoms with van der Waals surface area (Å²) in [6, 6.07) is 13.1. The molecule has 1 atom stereocenters. The number of anilines is 1. The van der Waals surface area contributed by atoms with E-state index in [2.05, 4.69) is 5.32 Å². The molecule has 1 aliphatic heterocycles. The van der Waals surface area contributed by atoms with Crippen molar-refractivity contribution in [2.75, 3.05) is 38.0 Å². The van der Waals surface area contributed by atoms with E-state index in [1.54, 1.807) is 12.1 Å². The fourth-order valence-electron chi connectivity index (χ4n) is 3.14. The van der Waals surface area contributed by atoms with Gasteiger partial charge in [0, 0.05) is 19.3 Å². The van der Waals surface area contributed by atoms with E-state index in [1.807, 2.05) is 12.1 Å². The van der Waals surface area contributed by atoms with Gasteiger partial charge < -0.3 is 19.5 Å². The van der Waals surface area contributed by atoms with Crippen LogP contribution in [-0.4, -0.2) is 53.1 Å². The van der Waals surface area contributed by atoms with Crippen molar-refractivity contribution >= 4 is 21.4 Å². The van der Waals surface area contributed by atoms with Gasteiger partial charge in [0.2, 0.25) is 0 Å². The van der Waals surface area contributed by atoms with Crippen molar-refractivity contribution in [3.8, 4) is 5.75 Å². The molecular formula is C22H27NO6S. The fourth-order valence-corrected chi connectivity index (χ4v) is 4.31. The van der Waals surface area contributed by atoms with E-state index in [0.29, 0.717) is 23.6 Å². The third-order valence-corrected chi connectivity index (χ3v) is 6.56. The minimum Gasteiger partial charge on any atom is -0.489 e. The lowest BCUT2D eigenvalue weighted by Crippen LogP contribution is -2.26. The van der Waals surface area contributed by atoms with Gasteiger partial charge >= 0.3 is 0 Å². The maximum absolute atomic E-state index is 12.6. The SMILES string of the molecule is COCCS(=O)(=O)c1ccc(C(=O)Nc2ccccc2OCC2CCCCO2)cc1. The molecule has 2 aromatic rings. The van der Waals surface area contributed by atoms with Gasteiger partial charge in [-0.2, -0.15) is 0 Å². The lowest BCUT2D eigenvalue weighted by Gasteiger charge is -2.23. The lowest BCUT2D eigenvalue weighted by molar-refractivity contribution is -0.0109. The maximum atomic E-state index is 12.6. The number of carbonyl (C=O) groups is 1. The molecule has 0 bridgehead atoms. The summed E-state index contributed by atoms with van der Waals surface area (Å²) in [4.78, 5) is 12.8. The summed E-state index contributed by atoms with van der Waals surface area (Å²) in [5, 5.41) is 2.83. The zero-order valence-electron chi connectivity index (χ0n) is 17.0. The number of benzene rings is 2. The Morgan fingerprint density at radius 2 is 1.90 bits per heavy atom. The second kappa shape index (κ2) is 10.6. The third kappa shape index (κ3) is 6.04. The van der Waals surface area contributed by atoms with Crippen LogP contribution in [0, 0.1) is 0 Å². The highest BCUT2D eigenvalue weighted by molar-refractivity contribution is 7.91. The number of methoxy groups -OCH3 is 1. The van der Waals surface area contributed by atoms with Crippen molar-refractivity contribution in [2.45, 2.75) is 30.3 Å². The molecule has 1 heterocycles. The average molecular weight is 434 g/mol. The van der Waals surface area contributed by atoms with E-state index >= 15 is 0 Å².